The van der Waals surface area contributed by atoms with E-state index >= 15 is 0 Å². The summed E-state index contributed by atoms with van der Waals surface area (Å²) in [7, 11) is 0. The number of nitrogens with zero attached hydrogens (tertiary/aromatic N) is 1. The van der Waals surface area contributed by atoms with E-state index in [1.165, 1.54) is 0 Å². The van der Waals surface area contributed by atoms with Crippen LogP contribution in [0.1, 0.15) is 50.0 Å². The first-order valence-corrected chi connectivity index (χ1v) is 13.4. The quantitative estimate of drug-likeness (QED) is 0.210. The molecule has 0 bridgehead atoms. The number of nitrogens with two attached hydrogens (primary N) is 1. The highest BCUT2D eigenvalue weighted by atomic mass is 16.5. The molecule has 3 fully saturated rings. The molecule has 39 heavy (non-hydrogen) atoms. The Labute approximate surface area is 227 Å². The van der Waals surface area contributed by atoms with E-state index in [1.54, 1.807) is 11.0 Å². The van der Waals surface area contributed by atoms with Gasteiger partial charge in [0.15, 0.2) is 17.6 Å². The molecule has 0 aliphatic carbocycles. The van der Waals surface area contributed by atoms with Crippen molar-refractivity contribution < 1.29 is 19.4 Å². The first kappa shape index (κ1) is 27.0. The van der Waals surface area contributed by atoms with E-state index in [-0.39, 0.29) is 48.2 Å². The number of rotatable bonds is 6. The van der Waals surface area contributed by atoms with Crippen LogP contribution in [-0.4, -0.2) is 89.4 Å². The monoisotopic (exact) mass is 541 g/mol. The Balaban J connectivity index is 1.37. The lowest BCUT2D eigenvalue weighted by molar-refractivity contribution is -0.123. The van der Waals surface area contributed by atoms with Gasteiger partial charge in [0.2, 0.25) is 5.91 Å². The largest absolute Gasteiger partial charge is 0.492 e. The Hall–Kier alpha value is -3.58. The van der Waals surface area contributed by atoms with Gasteiger partial charge in [-0.3, -0.25) is 20.4 Å². The summed E-state index contributed by atoms with van der Waals surface area (Å²) in [6.07, 6.45) is -0.340. The zero-order chi connectivity index (χ0) is 28.3. The van der Waals surface area contributed by atoms with Crippen LogP contribution in [0, 0.1) is 16.7 Å². The summed E-state index contributed by atoms with van der Waals surface area (Å²) in [6.45, 7) is 8.72. The highest BCUT2D eigenvalue weighted by Gasteiger charge is 2.66. The van der Waals surface area contributed by atoms with Crippen LogP contribution in [0.4, 0.5) is 0 Å². The van der Waals surface area contributed by atoms with Crippen molar-refractivity contribution in [3.63, 3.8) is 0 Å². The molecule has 6 atom stereocenters. The summed E-state index contributed by atoms with van der Waals surface area (Å²) in [6, 6.07) is 2.95. The topological polar surface area (TPSA) is 201 Å². The average Bonchev–Trinajstić information content (AvgIpc) is 3.37. The van der Waals surface area contributed by atoms with Crippen LogP contribution in [0.2, 0.25) is 0 Å². The summed E-state index contributed by atoms with van der Waals surface area (Å²) in [5, 5.41) is 43.6. The molecule has 4 aliphatic rings. The lowest BCUT2D eigenvalue weighted by Gasteiger charge is -2.49. The van der Waals surface area contributed by atoms with E-state index in [4.69, 9.17) is 21.3 Å². The number of amides is 2. The molecule has 4 heterocycles. The second-order valence-corrected chi connectivity index (χ2v) is 11.9. The van der Waals surface area contributed by atoms with Gasteiger partial charge in [0.05, 0.1) is 36.3 Å². The number of hydrogen-bond donors (Lipinski definition) is 9. The highest BCUT2D eigenvalue weighted by molar-refractivity contribution is 5.98. The fourth-order valence-electron chi connectivity index (χ4n) is 6.13. The molecular formula is C26H39N9O4. The van der Waals surface area contributed by atoms with Crippen molar-refractivity contribution in [2.24, 2.45) is 11.7 Å². The maximum absolute atomic E-state index is 13.5. The van der Waals surface area contributed by atoms with Gasteiger partial charge in [0.25, 0.3) is 5.91 Å². The van der Waals surface area contributed by atoms with E-state index < -0.39 is 35.9 Å². The standard InChI is InChI=1S/C26H39N9O4/c1-12(2)17(27)22(38)30-10-15-19-26(34-23(28)33-19)20(36)16(11-35(26)24(29)32-15)31-21(37)13-6-5-7-14-18(13)39-9-8-25(14,3)4/h5-7,12,15-17,19-20,36H,8-11,27H2,1-4H3,(H2,29,32)(H,30,38)(H,31,37)(H3,28,33,34)/t15-,16?,17-,19?,20?,26?/m0/s1. The second kappa shape index (κ2) is 9.56. The maximum atomic E-state index is 13.5. The molecule has 2 amide bonds. The molecule has 4 unspecified atom stereocenters. The minimum atomic E-state index is -1.28. The van der Waals surface area contributed by atoms with Gasteiger partial charge in [-0.25, -0.2) is 0 Å². The first-order chi connectivity index (χ1) is 18.4. The van der Waals surface area contributed by atoms with E-state index in [9.17, 15) is 14.7 Å². The second-order valence-electron chi connectivity index (χ2n) is 11.9. The summed E-state index contributed by atoms with van der Waals surface area (Å²) >= 11 is 0. The molecule has 212 valence electrons. The van der Waals surface area contributed by atoms with Crippen molar-refractivity contribution >= 4 is 23.7 Å². The van der Waals surface area contributed by atoms with Gasteiger partial charge in [-0.05, 0) is 23.8 Å². The van der Waals surface area contributed by atoms with Crippen LogP contribution in [0.3, 0.4) is 0 Å². The van der Waals surface area contributed by atoms with Gasteiger partial charge < -0.3 is 47.1 Å². The maximum Gasteiger partial charge on any atom is 0.255 e. The number of guanidine groups is 2. The lowest BCUT2D eigenvalue weighted by atomic mass is 9.79. The number of ether oxygens (including phenoxy) is 1. The summed E-state index contributed by atoms with van der Waals surface area (Å²) < 4.78 is 5.92. The van der Waals surface area contributed by atoms with Gasteiger partial charge in [-0.2, -0.15) is 0 Å². The SMILES string of the molecule is CC(C)[C@H](N)C(=O)NC[C@@H]1NC(=N)N2CC(NC(=O)c3cccc4c3OCCC4(C)C)C(O)C23NC(=N)NC13. The van der Waals surface area contributed by atoms with Crippen LogP contribution in [0.5, 0.6) is 5.75 Å². The predicted octanol–water partition coefficient (Wildman–Crippen LogP) is -1.28. The van der Waals surface area contributed by atoms with Crippen LogP contribution < -0.4 is 37.1 Å². The van der Waals surface area contributed by atoms with Crippen molar-refractivity contribution in [3.8, 4) is 5.75 Å². The van der Waals surface area contributed by atoms with Gasteiger partial charge in [-0.1, -0.05) is 39.8 Å². The normalized spacial score (nSPS) is 31.1. The smallest absolute Gasteiger partial charge is 0.255 e. The molecule has 0 saturated carbocycles. The number of carbonyl (C=O) groups is 2. The van der Waals surface area contributed by atoms with Crippen LogP contribution in [-0.2, 0) is 10.2 Å². The summed E-state index contributed by atoms with van der Waals surface area (Å²) in [4.78, 5) is 27.6. The number of hydrogen-bond acceptors (Lipinski definition) is 7. The Bertz CT molecular complexity index is 1200. The van der Waals surface area contributed by atoms with Crippen LogP contribution in [0.25, 0.3) is 0 Å². The lowest BCUT2D eigenvalue weighted by Crippen LogP contribution is -2.78. The third-order valence-corrected chi connectivity index (χ3v) is 8.55. The van der Waals surface area contributed by atoms with Gasteiger partial charge >= 0.3 is 0 Å². The number of benzene rings is 1. The van der Waals surface area contributed by atoms with Gasteiger partial charge in [-0.15, -0.1) is 0 Å². The molecule has 0 radical (unpaired) electrons. The van der Waals surface area contributed by atoms with Crippen LogP contribution >= 0.6 is 0 Å². The zero-order valence-corrected chi connectivity index (χ0v) is 22.7. The highest BCUT2D eigenvalue weighted by Crippen LogP contribution is 2.41. The van der Waals surface area contributed by atoms with Gasteiger partial charge in [0, 0.05) is 18.7 Å². The molecule has 13 heteroatoms. The molecule has 0 aromatic heterocycles. The first-order valence-electron chi connectivity index (χ1n) is 13.4. The third kappa shape index (κ3) is 4.33. The molecule has 4 aliphatic heterocycles. The molecular weight excluding hydrogens is 502 g/mol. The number of aliphatic hydroxyl groups is 1. The molecule has 1 aromatic rings. The fourth-order valence-corrected chi connectivity index (χ4v) is 6.13. The number of para-hydroxylation sites is 1. The van der Waals surface area contributed by atoms with Crippen molar-refractivity contribution in [1.29, 1.82) is 10.8 Å². The van der Waals surface area contributed by atoms with Gasteiger partial charge in [0.1, 0.15) is 11.9 Å². The minimum absolute atomic E-state index is 0.0145. The number of carbonyl (C=O) groups excluding carboxylic acids is 2. The van der Waals surface area contributed by atoms with E-state index in [1.807, 2.05) is 26.0 Å². The number of fused-ring (bicyclic) bond motifs is 1. The van der Waals surface area contributed by atoms with Crippen LogP contribution in [0.15, 0.2) is 18.2 Å². The molecule has 3 saturated heterocycles. The Morgan fingerprint density at radius 1 is 1.28 bits per heavy atom. The molecule has 1 aromatic carbocycles. The number of nitrogens with one attached hydrogen (secondary N) is 7. The summed E-state index contributed by atoms with van der Waals surface area (Å²) in [5.41, 5.74) is 5.93. The predicted molar refractivity (Wildman–Crippen MR) is 145 cm³/mol. The van der Waals surface area contributed by atoms with Crippen molar-refractivity contribution in [3.05, 3.63) is 29.3 Å². The van der Waals surface area contributed by atoms with E-state index in [0.717, 1.165) is 12.0 Å². The van der Waals surface area contributed by atoms with Crippen molar-refractivity contribution in [2.75, 3.05) is 19.7 Å². The zero-order valence-electron chi connectivity index (χ0n) is 22.7. The minimum Gasteiger partial charge on any atom is -0.492 e. The Morgan fingerprint density at radius 3 is 2.74 bits per heavy atom. The van der Waals surface area contributed by atoms with E-state index in [0.29, 0.717) is 17.9 Å². The Morgan fingerprint density at radius 2 is 2.03 bits per heavy atom. The van der Waals surface area contributed by atoms with Crippen molar-refractivity contribution in [2.45, 2.75) is 75.5 Å². The third-order valence-electron chi connectivity index (χ3n) is 8.55. The fraction of sp³-hybridized carbons (Fsp3) is 0.615. The molecule has 1 spiro atoms. The molecule has 13 nitrogen and oxygen atoms in total. The van der Waals surface area contributed by atoms with Crippen molar-refractivity contribution in [1.82, 2.24) is 31.5 Å². The molecule has 5 rings (SSSR count). The Kier molecular flexibility index (Phi) is 6.62. The average molecular weight is 542 g/mol. The number of aliphatic hydroxyl groups excluding tert-OH is 1. The molecule has 10 N–H and O–H groups in total. The summed E-state index contributed by atoms with van der Waals surface area (Å²) in [5.74, 6) is -0.189. The van der Waals surface area contributed by atoms with E-state index in [2.05, 4.69) is 40.4 Å².